The maximum Gasteiger partial charge on any atom is 0.253 e. The lowest BCUT2D eigenvalue weighted by molar-refractivity contribution is -0.124. The first-order valence-corrected chi connectivity index (χ1v) is 4.20. The second kappa shape index (κ2) is 4.79. The minimum Gasteiger partial charge on any atom is -0.372 e. The van der Waals surface area contributed by atoms with Gasteiger partial charge in [-0.15, -0.1) is 0 Å². The fourth-order valence-electron chi connectivity index (χ4n) is 0.847. The maximum atomic E-state index is 13.0. The van der Waals surface area contributed by atoms with E-state index in [0.717, 1.165) is 12.1 Å². The van der Waals surface area contributed by atoms with Crippen LogP contribution in [-0.2, 0) is 9.53 Å². The van der Waals surface area contributed by atoms with Gasteiger partial charge in [0.05, 0.1) is 5.69 Å². The van der Waals surface area contributed by atoms with Crippen molar-refractivity contribution in [3.8, 4) is 0 Å². The zero-order valence-electron chi connectivity index (χ0n) is 8.25. The van der Waals surface area contributed by atoms with Gasteiger partial charge in [0.15, 0.2) is 0 Å². The average molecular weight is 216 g/mol. The van der Waals surface area contributed by atoms with Crippen LogP contribution in [-0.4, -0.2) is 24.1 Å². The van der Waals surface area contributed by atoms with Crippen LogP contribution in [0.3, 0.4) is 0 Å². The highest BCUT2D eigenvalue weighted by Crippen LogP contribution is 2.12. The number of amides is 1. The van der Waals surface area contributed by atoms with Gasteiger partial charge in [0, 0.05) is 7.11 Å². The van der Waals surface area contributed by atoms with E-state index in [0.29, 0.717) is 0 Å². The van der Waals surface area contributed by atoms with Gasteiger partial charge in [-0.3, -0.25) is 4.79 Å². The molecule has 1 rings (SSSR count). The summed E-state index contributed by atoms with van der Waals surface area (Å²) in [5.41, 5.74) is -0.176. The third-order valence-corrected chi connectivity index (χ3v) is 1.80. The number of hydrogen-bond acceptors (Lipinski definition) is 3. The summed E-state index contributed by atoms with van der Waals surface area (Å²) in [7, 11) is 1.35. The van der Waals surface area contributed by atoms with Crippen LogP contribution >= 0.6 is 0 Å². The third-order valence-electron chi connectivity index (χ3n) is 1.80. The summed E-state index contributed by atoms with van der Waals surface area (Å²) in [6, 6.07) is 2.05. The van der Waals surface area contributed by atoms with E-state index in [1.54, 1.807) is 0 Å². The van der Waals surface area contributed by atoms with Crippen LogP contribution in [0.15, 0.2) is 12.1 Å². The van der Waals surface area contributed by atoms with Crippen LogP contribution in [0.25, 0.3) is 0 Å². The van der Waals surface area contributed by atoms with Crippen LogP contribution in [0.1, 0.15) is 6.92 Å². The highest BCUT2D eigenvalue weighted by molar-refractivity contribution is 5.93. The number of rotatable bonds is 3. The molecule has 4 nitrogen and oxygen atoms in total. The molecular weight excluding hydrogens is 206 g/mol. The molecule has 0 fully saturated rings. The first-order chi connectivity index (χ1) is 7.04. The highest BCUT2D eigenvalue weighted by atomic mass is 19.1. The quantitative estimate of drug-likeness (QED) is 0.775. The summed E-state index contributed by atoms with van der Waals surface area (Å²) in [6.07, 6.45) is -0.713. The topological polar surface area (TPSA) is 51.2 Å². The smallest absolute Gasteiger partial charge is 0.253 e. The molecule has 0 bridgehead atoms. The molecule has 1 aromatic heterocycles. The lowest BCUT2D eigenvalue weighted by atomic mass is 10.3. The van der Waals surface area contributed by atoms with Crippen LogP contribution in [0.2, 0.25) is 0 Å². The molecule has 15 heavy (non-hydrogen) atoms. The Bertz CT molecular complexity index is 371. The Labute approximate surface area is 85.3 Å². The largest absolute Gasteiger partial charge is 0.372 e. The minimum atomic E-state index is -1.06. The number of hydrogen-bond donors (Lipinski definition) is 1. The number of pyridine rings is 1. The zero-order chi connectivity index (χ0) is 11.4. The van der Waals surface area contributed by atoms with Crippen LogP contribution in [0.4, 0.5) is 14.5 Å². The van der Waals surface area contributed by atoms with Crippen LogP contribution < -0.4 is 5.32 Å². The van der Waals surface area contributed by atoms with Gasteiger partial charge < -0.3 is 10.1 Å². The molecule has 0 aliphatic rings. The second-order valence-corrected chi connectivity index (χ2v) is 2.84. The number of carbonyl (C=O) groups excluding carboxylic acids is 1. The molecule has 0 saturated heterocycles. The molecule has 0 radical (unpaired) electrons. The van der Waals surface area contributed by atoms with Crippen molar-refractivity contribution < 1.29 is 18.3 Å². The van der Waals surface area contributed by atoms with Crippen molar-refractivity contribution in [1.29, 1.82) is 0 Å². The van der Waals surface area contributed by atoms with Crippen molar-refractivity contribution in [3.05, 3.63) is 24.0 Å². The van der Waals surface area contributed by atoms with Gasteiger partial charge in [-0.1, -0.05) is 0 Å². The number of nitrogens with zero attached hydrogens (tertiary/aromatic N) is 1. The zero-order valence-corrected chi connectivity index (χ0v) is 8.25. The summed E-state index contributed by atoms with van der Waals surface area (Å²) in [5, 5.41) is 2.22. The molecule has 1 heterocycles. The van der Waals surface area contributed by atoms with Crippen molar-refractivity contribution in [2.24, 2.45) is 0 Å². The third kappa shape index (κ3) is 2.95. The van der Waals surface area contributed by atoms with Crippen LogP contribution in [0.5, 0.6) is 0 Å². The molecule has 1 N–H and O–H groups in total. The SMILES string of the molecule is COC(C)C(=O)Nc1ccc(F)nc1F. The standard InChI is InChI=1S/C9H10F2N2O2/c1-5(15-2)9(14)12-6-3-4-7(10)13-8(6)11/h3-5H,1-2H3,(H,12,14). The molecule has 1 atom stereocenters. The molecule has 0 spiro atoms. The van der Waals surface area contributed by atoms with Gasteiger partial charge in [0.2, 0.25) is 11.9 Å². The van der Waals surface area contributed by atoms with E-state index in [4.69, 9.17) is 4.74 Å². The van der Waals surface area contributed by atoms with E-state index in [1.807, 2.05) is 0 Å². The molecule has 1 unspecified atom stereocenters. The molecule has 1 amide bonds. The lowest BCUT2D eigenvalue weighted by Crippen LogP contribution is -2.27. The monoisotopic (exact) mass is 216 g/mol. The normalized spacial score (nSPS) is 12.3. The summed E-state index contributed by atoms with van der Waals surface area (Å²) in [6.45, 7) is 1.50. The molecule has 0 aromatic carbocycles. The Morgan fingerprint density at radius 2 is 2.20 bits per heavy atom. The van der Waals surface area contributed by atoms with Gasteiger partial charge >= 0.3 is 0 Å². The van der Waals surface area contributed by atoms with E-state index in [9.17, 15) is 13.6 Å². The predicted molar refractivity (Wildman–Crippen MR) is 49.3 cm³/mol. The lowest BCUT2D eigenvalue weighted by Gasteiger charge is -2.10. The first kappa shape index (κ1) is 11.5. The maximum absolute atomic E-state index is 13.0. The molecule has 1 aromatic rings. The van der Waals surface area contributed by atoms with Crippen molar-refractivity contribution in [2.75, 3.05) is 12.4 Å². The number of carbonyl (C=O) groups is 1. The van der Waals surface area contributed by atoms with Gasteiger partial charge in [0.25, 0.3) is 5.91 Å². The van der Waals surface area contributed by atoms with Crippen molar-refractivity contribution in [2.45, 2.75) is 13.0 Å². The van der Waals surface area contributed by atoms with Crippen molar-refractivity contribution in [3.63, 3.8) is 0 Å². The molecule has 82 valence electrons. The Kier molecular flexibility index (Phi) is 3.68. The fraction of sp³-hybridized carbons (Fsp3) is 0.333. The Morgan fingerprint density at radius 3 is 2.73 bits per heavy atom. The van der Waals surface area contributed by atoms with E-state index in [-0.39, 0.29) is 5.69 Å². The number of halogens is 2. The number of aromatic nitrogens is 1. The average Bonchev–Trinajstić information content (AvgIpc) is 2.20. The molecule has 0 aliphatic heterocycles. The number of ether oxygens (including phenoxy) is 1. The van der Waals surface area contributed by atoms with Crippen molar-refractivity contribution >= 4 is 11.6 Å². The number of nitrogens with one attached hydrogen (secondary N) is 1. The number of anilines is 1. The Morgan fingerprint density at radius 1 is 1.53 bits per heavy atom. The van der Waals surface area contributed by atoms with E-state index >= 15 is 0 Å². The van der Waals surface area contributed by atoms with Gasteiger partial charge in [-0.05, 0) is 19.1 Å². The summed E-state index contributed by atoms with van der Waals surface area (Å²) in [5.74, 6) is -2.53. The van der Waals surface area contributed by atoms with E-state index in [1.165, 1.54) is 14.0 Å². The molecular formula is C9H10F2N2O2. The van der Waals surface area contributed by atoms with Gasteiger partial charge in [0.1, 0.15) is 6.10 Å². The van der Waals surface area contributed by atoms with Gasteiger partial charge in [-0.2, -0.15) is 13.8 Å². The Balaban J connectivity index is 2.77. The summed E-state index contributed by atoms with van der Waals surface area (Å²) < 4.78 is 30.1. The Hall–Kier alpha value is -1.56. The molecule has 0 aliphatic carbocycles. The van der Waals surface area contributed by atoms with E-state index in [2.05, 4.69) is 10.3 Å². The summed E-state index contributed by atoms with van der Waals surface area (Å²) >= 11 is 0. The number of methoxy groups -OCH3 is 1. The predicted octanol–water partition coefficient (Wildman–Crippen LogP) is 1.33. The van der Waals surface area contributed by atoms with Crippen LogP contribution in [0, 0.1) is 11.9 Å². The highest BCUT2D eigenvalue weighted by Gasteiger charge is 2.14. The molecule has 0 saturated carbocycles. The minimum absolute atomic E-state index is 0.176. The second-order valence-electron chi connectivity index (χ2n) is 2.84. The van der Waals surface area contributed by atoms with Crippen molar-refractivity contribution in [1.82, 2.24) is 4.98 Å². The molecule has 6 heteroatoms. The summed E-state index contributed by atoms with van der Waals surface area (Å²) in [4.78, 5) is 14.2. The first-order valence-electron chi connectivity index (χ1n) is 4.20. The van der Waals surface area contributed by atoms with Gasteiger partial charge in [-0.25, -0.2) is 0 Å². The fourth-order valence-corrected chi connectivity index (χ4v) is 0.847. The van der Waals surface area contributed by atoms with E-state index < -0.39 is 23.9 Å².